The van der Waals surface area contributed by atoms with Crippen molar-refractivity contribution in [3.8, 4) is 0 Å². The van der Waals surface area contributed by atoms with Crippen LogP contribution in [0.5, 0.6) is 0 Å². The summed E-state index contributed by atoms with van der Waals surface area (Å²) in [5.74, 6) is 1.38. The fourth-order valence-corrected chi connectivity index (χ4v) is 3.53. The predicted octanol–water partition coefficient (Wildman–Crippen LogP) is 1.81. The van der Waals surface area contributed by atoms with Crippen LogP contribution in [0.2, 0.25) is 0 Å². The van der Waals surface area contributed by atoms with Crippen molar-refractivity contribution in [2.45, 2.75) is 45.1 Å². The van der Waals surface area contributed by atoms with E-state index in [1.165, 1.54) is 51.9 Å². The highest BCUT2D eigenvalue weighted by Gasteiger charge is 2.29. The molecule has 0 amide bonds. The minimum absolute atomic E-state index is 0.0474. The van der Waals surface area contributed by atoms with E-state index in [4.69, 9.17) is 0 Å². The molecule has 1 saturated carbocycles. The second kappa shape index (κ2) is 6.88. The fourth-order valence-electron chi connectivity index (χ4n) is 3.53. The summed E-state index contributed by atoms with van der Waals surface area (Å²) < 4.78 is 0. The van der Waals surface area contributed by atoms with Crippen molar-refractivity contribution in [2.75, 3.05) is 39.8 Å². The smallest absolute Gasteiger partial charge is 0.0580 e. The Balaban J connectivity index is 1.83. The predicted molar refractivity (Wildman–Crippen MR) is 75.7 cm³/mol. The second-order valence-corrected chi connectivity index (χ2v) is 6.37. The first kappa shape index (κ1) is 14.3. The molecule has 0 aromatic rings. The van der Waals surface area contributed by atoms with Crippen molar-refractivity contribution in [1.82, 2.24) is 9.80 Å². The van der Waals surface area contributed by atoms with Crippen LogP contribution in [-0.2, 0) is 0 Å². The van der Waals surface area contributed by atoms with Crippen LogP contribution in [0.4, 0.5) is 0 Å². The van der Waals surface area contributed by atoms with E-state index in [1.54, 1.807) is 0 Å². The lowest BCUT2D eigenvalue weighted by atomic mass is 9.78. The molecule has 1 heterocycles. The van der Waals surface area contributed by atoms with Crippen LogP contribution < -0.4 is 0 Å². The number of hydrogen-bond acceptors (Lipinski definition) is 3. The summed E-state index contributed by atoms with van der Waals surface area (Å²) >= 11 is 0. The van der Waals surface area contributed by atoms with E-state index in [2.05, 4.69) is 23.8 Å². The third-order valence-corrected chi connectivity index (χ3v) is 4.93. The van der Waals surface area contributed by atoms with E-state index < -0.39 is 0 Å². The van der Waals surface area contributed by atoms with E-state index in [-0.39, 0.29) is 6.10 Å². The minimum atomic E-state index is -0.0474. The molecule has 0 bridgehead atoms. The number of aliphatic hydroxyl groups excluding tert-OH is 1. The normalized spacial score (nSPS) is 36.5. The Morgan fingerprint density at radius 3 is 2.72 bits per heavy atom. The number of rotatable bonds is 3. The number of hydrogen-bond donors (Lipinski definition) is 1. The third-order valence-electron chi connectivity index (χ3n) is 4.93. The largest absolute Gasteiger partial charge is 0.393 e. The molecule has 106 valence electrons. The van der Waals surface area contributed by atoms with Gasteiger partial charge in [-0.2, -0.15) is 0 Å². The molecular weight excluding hydrogens is 224 g/mol. The minimum Gasteiger partial charge on any atom is -0.393 e. The molecule has 0 radical (unpaired) electrons. The molecule has 3 nitrogen and oxygen atoms in total. The van der Waals surface area contributed by atoms with Crippen molar-refractivity contribution in [2.24, 2.45) is 11.8 Å². The molecule has 1 saturated heterocycles. The van der Waals surface area contributed by atoms with Crippen LogP contribution in [0.1, 0.15) is 39.0 Å². The first-order chi connectivity index (χ1) is 8.69. The molecule has 1 N–H and O–H groups in total. The molecule has 0 spiro atoms. The van der Waals surface area contributed by atoms with E-state index in [1.807, 2.05) is 0 Å². The average Bonchev–Trinajstić information content (AvgIpc) is 2.57. The summed E-state index contributed by atoms with van der Waals surface area (Å²) in [6.07, 6.45) is 6.01. The molecule has 0 aromatic carbocycles. The molecule has 3 atom stereocenters. The van der Waals surface area contributed by atoms with E-state index in [9.17, 15) is 5.11 Å². The zero-order chi connectivity index (χ0) is 13.0. The van der Waals surface area contributed by atoms with Crippen molar-refractivity contribution in [3.63, 3.8) is 0 Å². The second-order valence-electron chi connectivity index (χ2n) is 6.37. The number of nitrogens with zero attached hydrogens (tertiary/aromatic N) is 2. The van der Waals surface area contributed by atoms with Crippen LogP contribution in [0, 0.1) is 11.8 Å². The first-order valence-electron chi connectivity index (χ1n) is 7.78. The van der Waals surface area contributed by atoms with Crippen LogP contribution in [-0.4, -0.2) is 60.8 Å². The SMILES string of the molecule is CCC1CCC(O)C(CN2CCCN(C)CC2)C1. The van der Waals surface area contributed by atoms with Crippen molar-refractivity contribution in [1.29, 1.82) is 0 Å². The van der Waals surface area contributed by atoms with Crippen molar-refractivity contribution < 1.29 is 5.11 Å². The highest BCUT2D eigenvalue weighted by atomic mass is 16.3. The topological polar surface area (TPSA) is 26.7 Å². The Labute approximate surface area is 112 Å². The Bertz CT molecular complexity index is 247. The van der Waals surface area contributed by atoms with Gasteiger partial charge in [-0.05, 0) is 57.7 Å². The Kier molecular flexibility index (Phi) is 5.46. The van der Waals surface area contributed by atoms with Gasteiger partial charge in [-0.25, -0.2) is 0 Å². The summed E-state index contributed by atoms with van der Waals surface area (Å²) in [5, 5.41) is 10.2. The maximum atomic E-state index is 10.2. The highest BCUT2D eigenvalue weighted by molar-refractivity contribution is 4.82. The van der Waals surface area contributed by atoms with Gasteiger partial charge in [-0.1, -0.05) is 13.3 Å². The number of aliphatic hydroxyl groups is 1. The zero-order valence-electron chi connectivity index (χ0n) is 12.1. The van der Waals surface area contributed by atoms with Crippen molar-refractivity contribution >= 4 is 0 Å². The fraction of sp³-hybridized carbons (Fsp3) is 1.00. The summed E-state index contributed by atoms with van der Waals surface area (Å²) in [4.78, 5) is 5.00. The van der Waals surface area contributed by atoms with Gasteiger partial charge in [0.05, 0.1) is 6.10 Å². The van der Waals surface area contributed by atoms with E-state index in [0.717, 1.165) is 18.9 Å². The van der Waals surface area contributed by atoms with Gasteiger partial charge < -0.3 is 14.9 Å². The molecule has 18 heavy (non-hydrogen) atoms. The van der Waals surface area contributed by atoms with Gasteiger partial charge in [0, 0.05) is 19.6 Å². The van der Waals surface area contributed by atoms with Crippen LogP contribution in [0.15, 0.2) is 0 Å². The van der Waals surface area contributed by atoms with Gasteiger partial charge in [0.2, 0.25) is 0 Å². The zero-order valence-corrected chi connectivity index (χ0v) is 12.1. The van der Waals surface area contributed by atoms with E-state index >= 15 is 0 Å². The molecule has 3 heteroatoms. The molecule has 2 fully saturated rings. The standard InChI is InChI=1S/C15H30N2O/c1-3-13-5-6-15(18)14(11-13)12-17-8-4-7-16(2)9-10-17/h13-15,18H,3-12H2,1-2H3. The average molecular weight is 254 g/mol. The lowest BCUT2D eigenvalue weighted by Gasteiger charge is -2.36. The molecular formula is C15H30N2O. The molecule has 2 aliphatic rings. The lowest BCUT2D eigenvalue weighted by molar-refractivity contribution is 0.0274. The summed E-state index contributed by atoms with van der Waals surface area (Å²) in [6.45, 7) is 8.20. The molecule has 1 aliphatic carbocycles. The van der Waals surface area contributed by atoms with Gasteiger partial charge in [0.15, 0.2) is 0 Å². The third kappa shape index (κ3) is 3.94. The van der Waals surface area contributed by atoms with Crippen molar-refractivity contribution in [3.05, 3.63) is 0 Å². The highest BCUT2D eigenvalue weighted by Crippen LogP contribution is 2.31. The summed E-state index contributed by atoms with van der Waals surface area (Å²) in [7, 11) is 2.21. The quantitative estimate of drug-likeness (QED) is 0.832. The van der Waals surface area contributed by atoms with Crippen LogP contribution in [0.3, 0.4) is 0 Å². The maximum Gasteiger partial charge on any atom is 0.0580 e. The Morgan fingerprint density at radius 1 is 1.11 bits per heavy atom. The van der Waals surface area contributed by atoms with E-state index in [0.29, 0.717) is 5.92 Å². The molecule has 1 aliphatic heterocycles. The van der Waals surface area contributed by atoms with Gasteiger partial charge >= 0.3 is 0 Å². The van der Waals surface area contributed by atoms with Gasteiger partial charge in [0.1, 0.15) is 0 Å². The van der Waals surface area contributed by atoms with Crippen LogP contribution in [0.25, 0.3) is 0 Å². The maximum absolute atomic E-state index is 10.2. The Hall–Kier alpha value is -0.120. The summed E-state index contributed by atoms with van der Waals surface area (Å²) in [5.41, 5.74) is 0. The molecule has 3 unspecified atom stereocenters. The van der Waals surface area contributed by atoms with Crippen LogP contribution >= 0.6 is 0 Å². The molecule has 2 rings (SSSR count). The lowest BCUT2D eigenvalue weighted by Crippen LogP contribution is -2.40. The molecule has 0 aromatic heterocycles. The van der Waals surface area contributed by atoms with Gasteiger partial charge in [-0.15, -0.1) is 0 Å². The first-order valence-corrected chi connectivity index (χ1v) is 7.78. The Morgan fingerprint density at radius 2 is 1.94 bits per heavy atom. The van der Waals surface area contributed by atoms with Gasteiger partial charge in [-0.3, -0.25) is 0 Å². The monoisotopic (exact) mass is 254 g/mol. The number of likely N-dealkylation sites (N-methyl/N-ethyl adjacent to an activating group) is 1. The van der Waals surface area contributed by atoms with Gasteiger partial charge in [0.25, 0.3) is 0 Å². The summed E-state index contributed by atoms with van der Waals surface area (Å²) in [6, 6.07) is 0.